The van der Waals surface area contributed by atoms with Crippen LogP contribution in [-0.4, -0.2) is 26.2 Å². The minimum Gasteiger partial charge on any atom is -0.466 e. The highest BCUT2D eigenvalue weighted by Gasteiger charge is 2.35. The maximum absolute atomic E-state index is 12.6. The fraction of sp³-hybridized carbons (Fsp3) is 0.182. The molecule has 0 saturated carbocycles. The lowest BCUT2D eigenvalue weighted by Gasteiger charge is -2.30. The van der Waals surface area contributed by atoms with E-state index >= 15 is 0 Å². The predicted octanol–water partition coefficient (Wildman–Crippen LogP) is 4.37. The molecule has 0 bridgehead atoms. The monoisotopic (exact) mass is 397 g/mol. The maximum atomic E-state index is 12.6. The Kier molecular flexibility index (Phi) is 5.85. The molecular weight excluding hydrogens is 378 g/mol. The zero-order chi connectivity index (χ0) is 20.3. The average Bonchev–Trinajstić information content (AvgIpc) is 2.71. The normalized spacial score (nSPS) is 14.2. The van der Waals surface area contributed by atoms with Crippen molar-refractivity contribution in [3.05, 3.63) is 88.2 Å². The number of halogens is 1. The van der Waals surface area contributed by atoms with Gasteiger partial charge >= 0.3 is 11.9 Å². The summed E-state index contributed by atoms with van der Waals surface area (Å²) in [4.78, 5) is 26.9. The molecule has 2 aromatic rings. The summed E-state index contributed by atoms with van der Waals surface area (Å²) in [6, 6.07) is 14.8. The lowest BCUT2D eigenvalue weighted by atomic mass is 9.82. The van der Waals surface area contributed by atoms with Crippen LogP contribution in [0.15, 0.2) is 72.1 Å². The molecule has 0 unspecified atom stereocenters. The molecule has 0 saturated heterocycles. The van der Waals surface area contributed by atoms with E-state index in [9.17, 15) is 9.59 Å². The van der Waals surface area contributed by atoms with Gasteiger partial charge in [-0.1, -0.05) is 47.5 Å². The first-order chi connectivity index (χ1) is 13.4. The van der Waals surface area contributed by atoms with Crippen molar-refractivity contribution in [2.75, 3.05) is 19.1 Å². The second-order valence-corrected chi connectivity index (χ2v) is 6.82. The second kappa shape index (κ2) is 8.31. The summed E-state index contributed by atoms with van der Waals surface area (Å²) in [5.41, 5.74) is 3.19. The number of methoxy groups -OCH3 is 2. The van der Waals surface area contributed by atoms with E-state index in [1.807, 2.05) is 37.3 Å². The highest BCUT2D eigenvalue weighted by atomic mass is 35.5. The van der Waals surface area contributed by atoms with Gasteiger partial charge in [-0.3, -0.25) is 0 Å². The number of benzene rings is 2. The zero-order valence-corrected chi connectivity index (χ0v) is 16.6. The van der Waals surface area contributed by atoms with Gasteiger partial charge in [0.05, 0.1) is 31.3 Å². The molecule has 0 spiro atoms. The Labute approximate surface area is 168 Å². The van der Waals surface area contributed by atoms with Gasteiger partial charge in [0.15, 0.2) is 0 Å². The number of hydrogen-bond donors (Lipinski definition) is 0. The number of carbonyl (C=O) groups is 2. The predicted molar refractivity (Wildman–Crippen MR) is 108 cm³/mol. The van der Waals surface area contributed by atoms with Crippen LogP contribution in [-0.2, 0) is 19.1 Å². The summed E-state index contributed by atoms with van der Waals surface area (Å²) in [7, 11) is 2.63. The Hall–Kier alpha value is -3.05. The van der Waals surface area contributed by atoms with Gasteiger partial charge in [-0.25, -0.2) is 9.59 Å². The molecule has 0 amide bonds. The Morgan fingerprint density at radius 3 is 2.07 bits per heavy atom. The first kappa shape index (κ1) is 19.7. The quantitative estimate of drug-likeness (QED) is 0.717. The van der Waals surface area contributed by atoms with E-state index in [1.54, 1.807) is 35.5 Å². The third kappa shape index (κ3) is 3.94. The van der Waals surface area contributed by atoms with Crippen LogP contribution in [0.2, 0.25) is 5.02 Å². The molecular formula is C22H20ClNO4. The lowest BCUT2D eigenvalue weighted by molar-refractivity contribution is -0.137. The third-order valence-corrected chi connectivity index (χ3v) is 4.74. The number of nitrogens with zero attached hydrogens (tertiary/aromatic N) is 1. The first-order valence-corrected chi connectivity index (χ1v) is 9.03. The van der Waals surface area contributed by atoms with E-state index in [4.69, 9.17) is 21.1 Å². The number of rotatable bonds is 4. The summed E-state index contributed by atoms with van der Waals surface area (Å²) in [6.07, 6.45) is 3.33. The molecule has 0 atom stereocenters. The van der Waals surface area contributed by atoms with Crippen molar-refractivity contribution in [2.24, 2.45) is 0 Å². The molecule has 0 fully saturated rings. The van der Waals surface area contributed by atoms with Crippen molar-refractivity contribution < 1.29 is 19.1 Å². The molecule has 0 aromatic heterocycles. The fourth-order valence-electron chi connectivity index (χ4n) is 3.22. The summed E-state index contributed by atoms with van der Waals surface area (Å²) < 4.78 is 10.0. The first-order valence-electron chi connectivity index (χ1n) is 8.65. The van der Waals surface area contributed by atoms with E-state index in [1.165, 1.54) is 14.2 Å². The van der Waals surface area contributed by atoms with Crippen LogP contribution in [0.4, 0.5) is 5.69 Å². The largest absolute Gasteiger partial charge is 0.466 e. The second-order valence-electron chi connectivity index (χ2n) is 6.39. The summed E-state index contributed by atoms with van der Waals surface area (Å²) in [5.74, 6) is -1.64. The molecule has 1 aliphatic heterocycles. The third-order valence-electron chi connectivity index (χ3n) is 4.50. The van der Waals surface area contributed by atoms with E-state index in [0.29, 0.717) is 21.9 Å². The van der Waals surface area contributed by atoms with Crippen LogP contribution in [0.25, 0.3) is 0 Å². The van der Waals surface area contributed by atoms with Crippen molar-refractivity contribution >= 4 is 29.2 Å². The molecule has 0 radical (unpaired) electrons. The molecule has 28 heavy (non-hydrogen) atoms. The molecule has 6 heteroatoms. The van der Waals surface area contributed by atoms with E-state index in [0.717, 1.165) is 11.1 Å². The van der Waals surface area contributed by atoms with Crippen LogP contribution < -0.4 is 4.90 Å². The molecule has 0 N–H and O–H groups in total. The molecule has 0 aliphatic carbocycles. The standard InChI is InChI=1S/C22H20ClNO4/c1-14-6-4-7-15(10-14)20-18(21(25)27-2)12-24(13-19(20)22(26)28-3)17-9-5-8-16(23)11-17/h4-13,20H,1-3H3. The Balaban J connectivity index is 2.19. The van der Waals surface area contributed by atoms with E-state index < -0.39 is 17.9 Å². The highest BCUT2D eigenvalue weighted by Crippen LogP contribution is 2.38. The maximum Gasteiger partial charge on any atom is 0.336 e. The van der Waals surface area contributed by atoms with Gasteiger partial charge in [-0.2, -0.15) is 0 Å². The van der Waals surface area contributed by atoms with Gasteiger partial charge in [0.25, 0.3) is 0 Å². The zero-order valence-electron chi connectivity index (χ0n) is 15.8. The van der Waals surface area contributed by atoms with Crippen LogP contribution in [0, 0.1) is 6.92 Å². The molecule has 3 rings (SSSR count). The van der Waals surface area contributed by atoms with Crippen molar-refractivity contribution in [2.45, 2.75) is 12.8 Å². The molecule has 1 heterocycles. The summed E-state index contributed by atoms with van der Waals surface area (Å²) in [5, 5.41) is 0.541. The molecule has 1 aliphatic rings. The van der Waals surface area contributed by atoms with Crippen molar-refractivity contribution in [3.63, 3.8) is 0 Å². The molecule has 5 nitrogen and oxygen atoms in total. The fourth-order valence-corrected chi connectivity index (χ4v) is 3.41. The minimum absolute atomic E-state index is 0.330. The number of hydrogen-bond acceptors (Lipinski definition) is 5. The van der Waals surface area contributed by atoms with Gasteiger partial charge in [0.1, 0.15) is 0 Å². The number of ether oxygens (including phenoxy) is 2. The average molecular weight is 398 g/mol. The van der Waals surface area contributed by atoms with Crippen molar-refractivity contribution in [3.8, 4) is 0 Å². The van der Waals surface area contributed by atoms with Gasteiger partial charge < -0.3 is 14.4 Å². The van der Waals surface area contributed by atoms with Gasteiger partial charge in [0.2, 0.25) is 0 Å². The van der Waals surface area contributed by atoms with Crippen LogP contribution in [0.3, 0.4) is 0 Å². The Morgan fingerprint density at radius 1 is 0.929 bits per heavy atom. The van der Waals surface area contributed by atoms with Crippen LogP contribution >= 0.6 is 11.6 Å². The lowest BCUT2D eigenvalue weighted by Crippen LogP contribution is -2.28. The molecule has 144 valence electrons. The van der Waals surface area contributed by atoms with Crippen molar-refractivity contribution in [1.82, 2.24) is 0 Å². The number of aryl methyl sites for hydroxylation is 1. The Morgan fingerprint density at radius 2 is 1.54 bits per heavy atom. The van der Waals surface area contributed by atoms with Crippen molar-refractivity contribution in [1.29, 1.82) is 0 Å². The van der Waals surface area contributed by atoms with Crippen LogP contribution in [0.5, 0.6) is 0 Å². The smallest absolute Gasteiger partial charge is 0.336 e. The number of anilines is 1. The van der Waals surface area contributed by atoms with E-state index in [2.05, 4.69) is 0 Å². The topological polar surface area (TPSA) is 55.8 Å². The minimum atomic E-state index is -0.602. The SMILES string of the molecule is COC(=O)C1=CN(c2cccc(Cl)c2)C=C(C(=O)OC)C1c1cccc(C)c1. The van der Waals surface area contributed by atoms with Gasteiger partial charge in [-0.05, 0) is 30.7 Å². The van der Waals surface area contributed by atoms with Crippen LogP contribution in [0.1, 0.15) is 17.0 Å². The van der Waals surface area contributed by atoms with E-state index in [-0.39, 0.29) is 0 Å². The summed E-state index contributed by atoms with van der Waals surface area (Å²) in [6.45, 7) is 1.95. The molecule has 2 aromatic carbocycles. The Bertz CT molecular complexity index is 946. The number of carbonyl (C=O) groups excluding carboxylic acids is 2. The highest BCUT2D eigenvalue weighted by molar-refractivity contribution is 6.30. The van der Waals surface area contributed by atoms with Gasteiger partial charge in [-0.15, -0.1) is 0 Å². The van der Waals surface area contributed by atoms with Gasteiger partial charge in [0, 0.05) is 23.1 Å². The summed E-state index contributed by atoms with van der Waals surface area (Å²) >= 11 is 6.11. The number of esters is 2.